The lowest BCUT2D eigenvalue weighted by atomic mass is 9.83. The van der Waals surface area contributed by atoms with Gasteiger partial charge in [-0.1, -0.05) is 0 Å². The Morgan fingerprint density at radius 3 is 2.08 bits per heavy atom. The SMILES string of the molecule is COc1nc(OC)nc(N2[C@@H]3CC[C@H]2CC([C@@H](Cc2cc(F)c(F)cc2F)N[S@@](=O)C(C)(C)C)C3)n1. The smallest absolute Gasteiger partial charge is 0.324 e. The first-order valence-corrected chi connectivity index (χ1v) is 13.1. The van der Waals surface area contributed by atoms with Gasteiger partial charge in [0, 0.05) is 24.2 Å². The summed E-state index contributed by atoms with van der Waals surface area (Å²) in [7, 11) is 1.51. The quantitative estimate of drug-likeness (QED) is 0.524. The lowest BCUT2D eigenvalue weighted by Crippen LogP contribution is -2.51. The van der Waals surface area contributed by atoms with Gasteiger partial charge in [0.2, 0.25) is 5.95 Å². The maximum Gasteiger partial charge on any atom is 0.324 e. The Kier molecular flexibility index (Phi) is 7.75. The maximum atomic E-state index is 14.6. The number of benzene rings is 1. The van der Waals surface area contributed by atoms with E-state index in [1.807, 2.05) is 20.8 Å². The standard InChI is InChI=1S/C24H32F3N5O3S/c1-24(2,3)36(33)31-20(11-13-10-18(26)19(27)12-17(13)25)14-8-15-6-7-16(9-14)32(15)21-28-22(34-4)30-23(29-21)35-5/h10,12,14-16,20,31H,6-9,11H2,1-5H3/t14?,15-,16+,20-,36+/m1/s1. The zero-order chi connectivity index (χ0) is 26.2. The Hall–Kier alpha value is -2.47. The van der Waals surface area contributed by atoms with Crippen molar-refractivity contribution in [3.8, 4) is 12.0 Å². The van der Waals surface area contributed by atoms with Crippen LogP contribution in [-0.4, -0.2) is 56.3 Å². The van der Waals surface area contributed by atoms with Crippen LogP contribution in [0.3, 0.4) is 0 Å². The minimum Gasteiger partial charge on any atom is -0.467 e. The van der Waals surface area contributed by atoms with E-state index in [1.165, 1.54) is 14.2 Å². The van der Waals surface area contributed by atoms with Crippen LogP contribution in [0.4, 0.5) is 19.1 Å². The molecule has 2 aliphatic rings. The normalized spacial score (nSPS) is 23.4. The predicted octanol–water partition coefficient (Wildman–Crippen LogP) is 3.72. The second-order valence-corrected chi connectivity index (χ2v) is 12.3. The first-order valence-electron chi connectivity index (χ1n) is 11.9. The highest BCUT2D eigenvalue weighted by molar-refractivity contribution is 7.84. The summed E-state index contributed by atoms with van der Waals surface area (Å²) in [6.45, 7) is 5.54. The van der Waals surface area contributed by atoms with Crippen molar-refractivity contribution in [3.05, 3.63) is 35.1 Å². The first-order chi connectivity index (χ1) is 17.0. The fraction of sp³-hybridized carbons (Fsp3) is 0.625. The van der Waals surface area contributed by atoms with Crippen molar-refractivity contribution >= 4 is 16.9 Å². The molecule has 0 spiro atoms. The van der Waals surface area contributed by atoms with Crippen LogP contribution in [0.5, 0.6) is 12.0 Å². The summed E-state index contributed by atoms with van der Waals surface area (Å²) in [5.41, 5.74) is 0.0547. The minimum absolute atomic E-state index is 0.0168. The van der Waals surface area contributed by atoms with Crippen LogP contribution in [0.25, 0.3) is 0 Å². The van der Waals surface area contributed by atoms with Crippen molar-refractivity contribution in [1.82, 2.24) is 19.7 Å². The molecule has 1 aromatic heterocycles. The van der Waals surface area contributed by atoms with Crippen LogP contribution in [-0.2, 0) is 17.4 Å². The van der Waals surface area contributed by atoms with E-state index < -0.39 is 39.2 Å². The van der Waals surface area contributed by atoms with Gasteiger partial charge in [-0.15, -0.1) is 4.98 Å². The molecular formula is C24H32F3N5O3S. The number of piperidine rings is 1. The number of nitrogens with one attached hydrogen (secondary N) is 1. The van der Waals surface area contributed by atoms with Crippen molar-refractivity contribution in [1.29, 1.82) is 0 Å². The van der Waals surface area contributed by atoms with E-state index in [-0.39, 0.29) is 42.0 Å². The van der Waals surface area contributed by atoms with Gasteiger partial charge in [0.15, 0.2) is 11.6 Å². The van der Waals surface area contributed by atoms with Gasteiger partial charge in [0.25, 0.3) is 0 Å². The van der Waals surface area contributed by atoms with E-state index in [4.69, 9.17) is 9.47 Å². The number of hydrogen-bond donors (Lipinski definition) is 1. The summed E-state index contributed by atoms with van der Waals surface area (Å²) < 4.78 is 68.1. The lowest BCUT2D eigenvalue weighted by Gasteiger charge is -2.42. The summed E-state index contributed by atoms with van der Waals surface area (Å²) in [5, 5.41) is 0. The molecule has 12 heteroatoms. The van der Waals surface area contributed by atoms with Crippen LogP contribution >= 0.6 is 0 Å². The van der Waals surface area contributed by atoms with Gasteiger partial charge in [-0.25, -0.2) is 22.1 Å². The molecule has 0 saturated carbocycles. The summed E-state index contributed by atoms with van der Waals surface area (Å²) in [5.74, 6) is -2.66. The summed E-state index contributed by atoms with van der Waals surface area (Å²) in [6.07, 6.45) is 3.31. The monoisotopic (exact) mass is 527 g/mol. The molecule has 3 heterocycles. The van der Waals surface area contributed by atoms with Gasteiger partial charge in [-0.2, -0.15) is 9.97 Å². The molecule has 4 rings (SSSR count). The Morgan fingerprint density at radius 2 is 1.56 bits per heavy atom. The number of anilines is 1. The van der Waals surface area contributed by atoms with Gasteiger partial charge >= 0.3 is 12.0 Å². The van der Waals surface area contributed by atoms with E-state index in [9.17, 15) is 17.4 Å². The van der Waals surface area contributed by atoms with Crippen LogP contribution < -0.4 is 19.1 Å². The third-order valence-corrected chi connectivity index (χ3v) is 8.49. The Balaban J connectivity index is 1.60. The highest BCUT2D eigenvalue weighted by Crippen LogP contribution is 2.43. The van der Waals surface area contributed by atoms with Crippen molar-refractivity contribution in [2.45, 2.75) is 75.7 Å². The van der Waals surface area contributed by atoms with E-state index in [2.05, 4.69) is 24.6 Å². The van der Waals surface area contributed by atoms with E-state index in [1.54, 1.807) is 0 Å². The Labute approximate surface area is 211 Å². The average Bonchev–Trinajstić information content (AvgIpc) is 3.10. The molecule has 5 atom stereocenters. The number of halogens is 3. The summed E-state index contributed by atoms with van der Waals surface area (Å²) >= 11 is 0. The highest BCUT2D eigenvalue weighted by atomic mass is 32.2. The van der Waals surface area contributed by atoms with E-state index >= 15 is 0 Å². The molecule has 2 aliphatic heterocycles. The van der Waals surface area contributed by atoms with Crippen molar-refractivity contribution in [2.24, 2.45) is 5.92 Å². The molecule has 0 amide bonds. The van der Waals surface area contributed by atoms with Crippen molar-refractivity contribution in [2.75, 3.05) is 19.1 Å². The molecule has 36 heavy (non-hydrogen) atoms. The molecule has 198 valence electrons. The number of rotatable bonds is 8. The number of ether oxygens (including phenoxy) is 2. The van der Waals surface area contributed by atoms with Crippen molar-refractivity contribution < 1.29 is 26.9 Å². The molecule has 2 saturated heterocycles. The fourth-order valence-electron chi connectivity index (χ4n) is 5.08. The largest absolute Gasteiger partial charge is 0.467 e. The Morgan fingerprint density at radius 1 is 1.00 bits per heavy atom. The van der Waals surface area contributed by atoms with Gasteiger partial charge in [-0.3, -0.25) is 0 Å². The molecule has 1 aromatic carbocycles. The number of aromatic nitrogens is 3. The molecule has 8 nitrogen and oxygen atoms in total. The maximum absolute atomic E-state index is 14.6. The third-order valence-electron chi connectivity index (χ3n) is 6.86. The Bertz CT molecular complexity index is 1100. The van der Waals surface area contributed by atoms with E-state index in [0.29, 0.717) is 24.9 Å². The molecule has 0 aliphatic carbocycles. The molecule has 2 fully saturated rings. The zero-order valence-electron chi connectivity index (χ0n) is 21.1. The van der Waals surface area contributed by atoms with Gasteiger partial charge in [0.1, 0.15) is 5.82 Å². The number of hydrogen-bond acceptors (Lipinski definition) is 7. The molecule has 2 bridgehead atoms. The van der Waals surface area contributed by atoms with E-state index in [0.717, 1.165) is 18.9 Å². The number of nitrogens with zero attached hydrogens (tertiary/aromatic N) is 4. The van der Waals surface area contributed by atoms with Crippen LogP contribution in [0, 0.1) is 23.4 Å². The van der Waals surface area contributed by atoms with Gasteiger partial charge < -0.3 is 14.4 Å². The van der Waals surface area contributed by atoms with Crippen LogP contribution in [0.2, 0.25) is 0 Å². The topological polar surface area (TPSA) is 89.5 Å². The van der Waals surface area contributed by atoms with Gasteiger partial charge in [0.05, 0.1) is 30.0 Å². The first kappa shape index (κ1) is 26.6. The average molecular weight is 528 g/mol. The molecule has 1 N–H and O–H groups in total. The second-order valence-electron chi connectivity index (χ2n) is 10.3. The summed E-state index contributed by atoms with van der Waals surface area (Å²) in [4.78, 5) is 15.1. The van der Waals surface area contributed by atoms with Crippen LogP contribution in [0.1, 0.15) is 52.0 Å². The zero-order valence-corrected chi connectivity index (χ0v) is 21.9. The number of methoxy groups -OCH3 is 2. The predicted molar refractivity (Wildman–Crippen MR) is 130 cm³/mol. The fourth-order valence-corrected chi connectivity index (χ4v) is 5.98. The molecule has 2 aromatic rings. The number of fused-ring (bicyclic) bond motifs is 2. The lowest BCUT2D eigenvalue weighted by molar-refractivity contribution is 0.272. The second kappa shape index (κ2) is 10.5. The molecule has 1 unspecified atom stereocenters. The molecular weight excluding hydrogens is 495 g/mol. The third kappa shape index (κ3) is 5.59. The van der Waals surface area contributed by atoms with Gasteiger partial charge in [-0.05, 0) is 70.4 Å². The molecule has 0 radical (unpaired) electrons. The highest BCUT2D eigenvalue weighted by Gasteiger charge is 2.45. The summed E-state index contributed by atoms with van der Waals surface area (Å²) in [6, 6.07) is 1.56. The van der Waals surface area contributed by atoms with Crippen LogP contribution in [0.15, 0.2) is 12.1 Å². The van der Waals surface area contributed by atoms with Crippen molar-refractivity contribution in [3.63, 3.8) is 0 Å². The minimum atomic E-state index is -1.43.